The molecule has 0 aliphatic rings. The molecule has 0 aliphatic carbocycles. The third kappa shape index (κ3) is 2.56. The highest BCUT2D eigenvalue weighted by molar-refractivity contribution is 5.77. The van der Waals surface area contributed by atoms with E-state index in [1.807, 2.05) is 30.5 Å². The molecule has 3 nitrogen and oxygen atoms in total. The molecule has 0 aliphatic heterocycles. The Morgan fingerprint density at radius 1 is 1.15 bits per heavy atom. The number of hydrogen-bond donors (Lipinski definition) is 1. The van der Waals surface area contributed by atoms with E-state index < -0.39 is 0 Å². The number of para-hydroxylation sites is 1. The standard InChI is InChI=1S/C9H7N.CH2O2/c1-2-6-9-8(4-1)5-3-7-10-9;2-1-3/h1-7H;1H,(H,2,3). The van der Waals surface area contributed by atoms with Gasteiger partial charge in [-0.15, -0.1) is 0 Å². The van der Waals surface area contributed by atoms with Crippen LogP contribution >= 0.6 is 0 Å². The molecule has 3 heteroatoms. The van der Waals surface area contributed by atoms with Crippen molar-refractivity contribution in [1.29, 1.82) is 0 Å². The molecule has 0 spiro atoms. The van der Waals surface area contributed by atoms with Crippen molar-refractivity contribution < 1.29 is 9.90 Å². The third-order valence-corrected chi connectivity index (χ3v) is 1.51. The molecule has 0 amide bonds. The van der Waals surface area contributed by atoms with Gasteiger partial charge in [0.05, 0.1) is 5.52 Å². The zero-order valence-corrected chi connectivity index (χ0v) is 6.92. The molecule has 13 heavy (non-hydrogen) atoms. The molecule has 1 N–H and O–H groups in total. The molecule has 66 valence electrons. The summed E-state index contributed by atoms with van der Waals surface area (Å²) in [7, 11) is 0. The van der Waals surface area contributed by atoms with Gasteiger partial charge in [0.25, 0.3) is 6.47 Å². The summed E-state index contributed by atoms with van der Waals surface area (Å²) in [4.78, 5) is 12.5. The lowest BCUT2D eigenvalue weighted by atomic mass is 10.2. The Labute approximate surface area is 75.7 Å². The van der Waals surface area contributed by atoms with Crippen LogP contribution in [0.15, 0.2) is 42.6 Å². The number of pyridine rings is 1. The van der Waals surface area contributed by atoms with Crippen LogP contribution in [0.1, 0.15) is 0 Å². The number of carboxylic acid groups (broad SMARTS) is 1. The lowest BCUT2D eigenvalue weighted by Gasteiger charge is -1.91. The monoisotopic (exact) mass is 175 g/mol. The maximum atomic E-state index is 8.36. The fourth-order valence-corrected chi connectivity index (χ4v) is 1.02. The van der Waals surface area contributed by atoms with Gasteiger partial charge < -0.3 is 5.11 Å². The molecule has 2 rings (SSSR count). The Morgan fingerprint density at radius 3 is 2.46 bits per heavy atom. The quantitative estimate of drug-likeness (QED) is 0.622. The van der Waals surface area contributed by atoms with Crippen LogP contribution in [-0.4, -0.2) is 16.6 Å². The Balaban J connectivity index is 0.000000251. The van der Waals surface area contributed by atoms with Crippen LogP contribution in [0.2, 0.25) is 0 Å². The molecule has 0 unspecified atom stereocenters. The number of aromatic nitrogens is 1. The van der Waals surface area contributed by atoms with Gasteiger partial charge in [-0.05, 0) is 12.1 Å². The van der Waals surface area contributed by atoms with Gasteiger partial charge in [-0.25, -0.2) is 0 Å². The summed E-state index contributed by atoms with van der Waals surface area (Å²) in [5, 5.41) is 8.09. The predicted octanol–water partition coefficient (Wildman–Crippen LogP) is 1.94. The van der Waals surface area contributed by atoms with Crippen molar-refractivity contribution in [2.45, 2.75) is 0 Å². The van der Waals surface area contributed by atoms with E-state index in [2.05, 4.69) is 17.1 Å². The normalized spacial score (nSPS) is 8.62. The molecule has 0 saturated heterocycles. The molecule has 0 radical (unpaired) electrons. The van der Waals surface area contributed by atoms with Crippen molar-refractivity contribution in [3.63, 3.8) is 0 Å². The molecule has 0 atom stereocenters. The zero-order valence-electron chi connectivity index (χ0n) is 6.92. The maximum Gasteiger partial charge on any atom is 0.290 e. The predicted molar refractivity (Wildman–Crippen MR) is 50.4 cm³/mol. The largest absolute Gasteiger partial charge is 0.483 e. The molecule has 0 bridgehead atoms. The second-order valence-electron chi connectivity index (χ2n) is 2.30. The van der Waals surface area contributed by atoms with Gasteiger partial charge in [0.1, 0.15) is 0 Å². The van der Waals surface area contributed by atoms with Gasteiger partial charge in [-0.1, -0.05) is 24.3 Å². The maximum absolute atomic E-state index is 8.36. The van der Waals surface area contributed by atoms with Crippen LogP contribution in [0.5, 0.6) is 0 Å². The van der Waals surface area contributed by atoms with Crippen LogP contribution in [0, 0.1) is 0 Å². The molecule has 1 aromatic heterocycles. The van der Waals surface area contributed by atoms with Gasteiger partial charge in [-0.3, -0.25) is 9.78 Å². The topological polar surface area (TPSA) is 50.2 Å². The summed E-state index contributed by atoms with van der Waals surface area (Å²) in [5.74, 6) is 0. The fraction of sp³-hybridized carbons (Fsp3) is 0. The summed E-state index contributed by atoms with van der Waals surface area (Å²) in [6.07, 6.45) is 1.81. The van der Waals surface area contributed by atoms with E-state index in [1.54, 1.807) is 0 Å². The Bertz CT molecular complexity index is 322. The van der Waals surface area contributed by atoms with Gasteiger partial charge in [0, 0.05) is 11.6 Å². The van der Waals surface area contributed by atoms with Crippen molar-refractivity contribution in [2.75, 3.05) is 0 Å². The van der Waals surface area contributed by atoms with E-state index >= 15 is 0 Å². The Morgan fingerprint density at radius 2 is 1.77 bits per heavy atom. The molecular weight excluding hydrogens is 166 g/mol. The number of benzene rings is 1. The summed E-state index contributed by atoms with van der Waals surface area (Å²) in [6, 6.07) is 12.1. The number of carbonyl (C=O) groups is 1. The van der Waals surface area contributed by atoms with Gasteiger partial charge in [0.15, 0.2) is 0 Å². The number of nitrogens with zero attached hydrogens (tertiary/aromatic N) is 1. The van der Waals surface area contributed by atoms with E-state index in [9.17, 15) is 0 Å². The number of hydrogen-bond acceptors (Lipinski definition) is 2. The average molecular weight is 175 g/mol. The molecule has 1 heterocycles. The Kier molecular flexibility index (Phi) is 3.45. The highest BCUT2D eigenvalue weighted by Crippen LogP contribution is 2.07. The molecule has 0 fully saturated rings. The highest BCUT2D eigenvalue weighted by Gasteiger charge is 1.86. The lowest BCUT2D eigenvalue weighted by molar-refractivity contribution is -0.122. The summed E-state index contributed by atoms with van der Waals surface area (Å²) in [5.41, 5.74) is 1.06. The molecule has 0 saturated carbocycles. The first-order valence-electron chi connectivity index (χ1n) is 3.76. The Hall–Kier alpha value is -1.90. The smallest absolute Gasteiger partial charge is 0.290 e. The van der Waals surface area contributed by atoms with E-state index in [-0.39, 0.29) is 6.47 Å². The minimum Gasteiger partial charge on any atom is -0.483 e. The van der Waals surface area contributed by atoms with Crippen molar-refractivity contribution in [3.05, 3.63) is 42.6 Å². The lowest BCUT2D eigenvalue weighted by Crippen LogP contribution is -1.73. The average Bonchev–Trinajstić information content (AvgIpc) is 2.19. The summed E-state index contributed by atoms with van der Waals surface area (Å²) < 4.78 is 0. The SMILES string of the molecule is O=CO.c1ccc2ncccc2c1. The first kappa shape index (κ1) is 9.19. The molecular formula is C10H9NO2. The first-order chi connectivity index (χ1) is 6.38. The van der Waals surface area contributed by atoms with Crippen LogP contribution in [-0.2, 0) is 4.79 Å². The van der Waals surface area contributed by atoms with Gasteiger partial charge >= 0.3 is 0 Å². The third-order valence-electron chi connectivity index (χ3n) is 1.51. The van der Waals surface area contributed by atoms with E-state index in [4.69, 9.17) is 9.90 Å². The van der Waals surface area contributed by atoms with Crippen LogP contribution < -0.4 is 0 Å². The van der Waals surface area contributed by atoms with Crippen LogP contribution in [0.3, 0.4) is 0 Å². The number of rotatable bonds is 0. The van der Waals surface area contributed by atoms with E-state index in [0.29, 0.717) is 0 Å². The minimum absolute atomic E-state index is 0.250. The highest BCUT2D eigenvalue weighted by atomic mass is 16.3. The van der Waals surface area contributed by atoms with E-state index in [0.717, 1.165) is 5.52 Å². The minimum atomic E-state index is -0.250. The van der Waals surface area contributed by atoms with Crippen molar-refractivity contribution in [2.24, 2.45) is 0 Å². The fourth-order valence-electron chi connectivity index (χ4n) is 1.02. The molecule has 2 aromatic rings. The summed E-state index contributed by atoms with van der Waals surface area (Å²) in [6.45, 7) is -0.250. The van der Waals surface area contributed by atoms with Crippen LogP contribution in [0.4, 0.5) is 0 Å². The second kappa shape index (κ2) is 4.87. The molecule has 1 aromatic carbocycles. The van der Waals surface area contributed by atoms with Gasteiger partial charge in [0.2, 0.25) is 0 Å². The van der Waals surface area contributed by atoms with Crippen molar-refractivity contribution in [1.82, 2.24) is 4.98 Å². The number of fused-ring (bicyclic) bond motifs is 1. The first-order valence-corrected chi connectivity index (χ1v) is 3.76. The van der Waals surface area contributed by atoms with Crippen molar-refractivity contribution in [3.8, 4) is 0 Å². The van der Waals surface area contributed by atoms with Crippen LogP contribution in [0.25, 0.3) is 10.9 Å². The summed E-state index contributed by atoms with van der Waals surface area (Å²) >= 11 is 0. The van der Waals surface area contributed by atoms with Crippen molar-refractivity contribution >= 4 is 17.4 Å². The zero-order chi connectivity index (χ0) is 9.52. The van der Waals surface area contributed by atoms with Gasteiger partial charge in [-0.2, -0.15) is 0 Å². The van der Waals surface area contributed by atoms with E-state index in [1.165, 1.54) is 5.39 Å². The second-order valence-corrected chi connectivity index (χ2v) is 2.30.